The molecule has 108 valence electrons. The van der Waals surface area contributed by atoms with Gasteiger partial charge >= 0.3 is 5.97 Å². The zero-order valence-corrected chi connectivity index (χ0v) is 12.1. The molecular formula is C18H19NO2. The fraction of sp³-hybridized carbons (Fsp3) is 0.278. The molecule has 0 saturated heterocycles. The van der Waals surface area contributed by atoms with E-state index in [0.717, 1.165) is 17.2 Å². The Bertz CT molecular complexity index is 603. The normalized spacial score (nSPS) is 15.3. The number of anilines is 1. The second-order valence-corrected chi connectivity index (χ2v) is 5.41. The lowest BCUT2D eigenvalue weighted by Crippen LogP contribution is -2.22. The Morgan fingerprint density at radius 2 is 1.76 bits per heavy atom. The average molecular weight is 281 g/mol. The third-order valence-electron chi connectivity index (χ3n) is 3.84. The summed E-state index contributed by atoms with van der Waals surface area (Å²) in [5.74, 6) is 0.440. The summed E-state index contributed by atoms with van der Waals surface area (Å²) in [5, 5.41) is 3.24. The van der Waals surface area contributed by atoms with Gasteiger partial charge in [-0.3, -0.25) is 0 Å². The molecule has 0 heterocycles. The van der Waals surface area contributed by atoms with E-state index in [1.54, 1.807) is 0 Å². The van der Waals surface area contributed by atoms with Crippen molar-refractivity contribution in [2.24, 2.45) is 0 Å². The van der Waals surface area contributed by atoms with Crippen LogP contribution in [0.15, 0.2) is 54.6 Å². The van der Waals surface area contributed by atoms with Crippen LogP contribution in [0.4, 0.5) is 5.69 Å². The summed E-state index contributed by atoms with van der Waals surface area (Å²) in [5.41, 5.74) is 3.19. The van der Waals surface area contributed by atoms with Crippen molar-refractivity contribution in [1.29, 1.82) is 0 Å². The van der Waals surface area contributed by atoms with Crippen molar-refractivity contribution in [3.63, 3.8) is 0 Å². The number of esters is 1. The van der Waals surface area contributed by atoms with Crippen molar-refractivity contribution in [1.82, 2.24) is 0 Å². The van der Waals surface area contributed by atoms with E-state index in [1.807, 2.05) is 42.5 Å². The highest BCUT2D eigenvalue weighted by Crippen LogP contribution is 2.40. The molecule has 1 aliphatic carbocycles. The Hall–Kier alpha value is -2.29. The summed E-state index contributed by atoms with van der Waals surface area (Å²) in [6.07, 6.45) is 2.56. The van der Waals surface area contributed by atoms with Gasteiger partial charge in [-0.15, -0.1) is 0 Å². The number of nitrogens with one attached hydrogen (secondary N) is 1. The van der Waals surface area contributed by atoms with E-state index >= 15 is 0 Å². The molecule has 1 atom stereocenters. The number of carbonyl (C=O) groups excluding carboxylic acids is 1. The van der Waals surface area contributed by atoms with Crippen molar-refractivity contribution in [2.75, 3.05) is 12.4 Å². The summed E-state index contributed by atoms with van der Waals surface area (Å²) in [6.45, 7) is 0. The van der Waals surface area contributed by atoms with Crippen molar-refractivity contribution in [2.45, 2.75) is 24.8 Å². The maximum absolute atomic E-state index is 12.1. The molecule has 3 nitrogen and oxygen atoms in total. The first-order valence-electron chi connectivity index (χ1n) is 7.27. The molecule has 21 heavy (non-hydrogen) atoms. The van der Waals surface area contributed by atoms with Gasteiger partial charge in [-0.25, -0.2) is 4.79 Å². The molecule has 1 fully saturated rings. The Morgan fingerprint density at radius 1 is 1.10 bits per heavy atom. The lowest BCUT2D eigenvalue weighted by atomic mass is 10.0. The molecule has 0 spiro atoms. The minimum atomic E-state index is -0.481. The SMILES string of the molecule is COC(=O)C(Nc1ccccc1)c1ccc(C2CC2)cc1. The molecule has 1 saturated carbocycles. The van der Waals surface area contributed by atoms with Gasteiger partial charge in [-0.2, -0.15) is 0 Å². The topological polar surface area (TPSA) is 38.3 Å². The van der Waals surface area contributed by atoms with E-state index in [1.165, 1.54) is 25.5 Å². The van der Waals surface area contributed by atoms with Gasteiger partial charge < -0.3 is 10.1 Å². The quantitative estimate of drug-likeness (QED) is 0.845. The van der Waals surface area contributed by atoms with Crippen LogP contribution in [0.1, 0.15) is 35.9 Å². The highest BCUT2D eigenvalue weighted by atomic mass is 16.5. The van der Waals surface area contributed by atoms with Crippen LogP contribution >= 0.6 is 0 Å². The molecule has 0 bridgehead atoms. The molecule has 0 radical (unpaired) electrons. The lowest BCUT2D eigenvalue weighted by molar-refractivity contribution is -0.141. The maximum Gasteiger partial charge on any atom is 0.332 e. The summed E-state index contributed by atoms with van der Waals surface area (Å²) in [6, 6.07) is 17.5. The van der Waals surface area contributed by atoms with Crippen LogP contribution < -0.4 is 5.32 Å². The Labute approximate surface area is 124 Å². The van der Waals surface area contributed by atoms with Crippen molar-refractivity contribution in [3.05, 3.63) is 65.7 Å². The summed E-state index contributed by atoms with van der Waals surface area (Å²) in [4.78, 5) is 12.1. The Morgan fingerprint density at radius 3 is 2.33 bits per heavy atom. The Balaban J connectivity index is 1.82. The van der Waals surface area contributed by atoms with Crippen LogP contribution in [-0.2, 0) is 9.53 Å². The van der Waals surface area contributed by atoms with Crippen molar-refractivity contribution >= 4 is 11.7 Å². The molecule has 2 aromatic rings. The third-order valence-corrected chi connectivity index (χ3v) is 3.84. The minimum Gasteiger partial charge on any atom is -0.467 e. The fourth-order valence-corrected chi connectivity index (χ4v) is 2.47. The van der Waals surface area contributed by atoms with E-state index in [0.29, 0.717) is 0 Å². The molecule has 1 N–H and O–H groups in total. The Kier molecular flexibility index (Phi) is 3.91. The van der Waals surface area contributed by atoms with Crippen LogP contribution in [0.3, 0.4) is 0 Å². The first-order chi connectivity index (χ1) is 10.3. The van der Waals surface area contributed by atoms with Gasteiger partial charge in [0.15, 0.2) is 6.04 Å². The number of hydrogen-bond donors (Lipinski definition) is 1. The lowest BCUT2D eigenvalue weighted by Gasteiger charge is -2.18. The molecule has 1 unspecified atom stereocenters. The predicted octanol–water partition coefficient (Wildman–Crippen LogP) is 3.89. The largest absolute Gasteiger partial charge is 0.467 e. The van der Waals surface area contributed by atoms with Gasteiger partial charge in [-0.05, 0) is 42.0 Å². The standard InChI is InChI=1S/C18H19NO2/c1-21-18(20)17(19-16-5-3-2-4-6-16)15-11-9-14(10-12-15)13-7-8-13/h2-6,9-13,17,19H,7-8H2,1H3. The van der Waals surface area contributed by atoms with Crippen LogP contribution in [0, 0.1) is 0 Å². The van der Waals surface area contributed by atoms with Gasteiger partial charge in [0.25, 0.3) is 0 Å². The summed E-state index contributed by atoms with van der Waals surface area (Å²) >= 11 is 0. The van der Waals surface area contributed by atoms with Crippen LogP contribution in [0.25, 0.3) is 0 Å². The number of carbonyl (C=O) groups is 1. The van der Waals surface area contributed by atoms with E-state index in [9.17, 15) is 4.79 Å². The second kappa shape index (κ2) is 6.00. The molecule has 0 amide bonds. The molecule has 2 aromatic carbocycles. The molecule has 3 rings (SSSR count). The number of ether oxygens (including phenoxy) is 1. The summed E-state index contributed by atoms with van der Waals surface area (Å²) in [7, 11) is 1.42. The molecule has 1 aliphatic rings. The minimum absolute atomic E-state index is 0.280. The molecule has 3 heteroatoms. The van der Waals surface area contributed by atoms with E-state index in [4.69, 9.17) is 4.74 Å². The van der Waals surface area contributed by atoms with Crippen LogP contribution in [0.2, 0.25) is 0 Å². The summed E-state index contributed by atoms with van der Waals surface area (Å²) < 4.78 is 4.93. The number of methoxy groups -OCH3 is 1. The van der Waals surface area contributed by atoms with Gasteiger partial charge in [0.05, 0.1) is 7.11 Å². The van der Waals surface area contributed by atoms with Crippen LogP contribution in [0.5, 0.6) is 0 Å². The van der Waals surface area contributed by atoms with Crippen molar-refractivity contribution < 1.29 is 9.53 Å². The third kappa shape index (κ3) is 3.24. The van der Waals surface area contributed by atoms with Gasteiger partial charge in [0, 0.05) is 5.69 Å². The van der Waals surface area contributed by atoms with E-state index < -0.39 is 6.04 Å². The molecular weight excluding hydrogens is 262 g/mol. The van der Waals surface area contributed by atoms with E-state index in [2.05, 4.69) is 17.4 Å². The van der Waals surface area contributed by atoms with Gasteiger partial charge in [0.2, 0.25) is 0 Å². The zero-order valence-electron chi connectivity index (χ0n) is 12.1. The number of rotatable bonds is 5. The zero-order chi connectivity index (χ0) is 14.7. The molecule has 0 aliphatic heterocycles. The smallest absolute Gasteiger partial charge is 0.332 e. The monoisotopic (exact) mass is 281 g/mol. The first kappa shape index (κ1) is 13.7. The maximum atomic E-state index is 12.1. The molecule has 0 aromatic heterocycles. The second-order valence-electron chi connectivity index (χ2n) is 5.41. The highest BCUT2D eigenvalue weighted by Gasteiger charge is 2.25. The van der Waals surface area contributed by atoms with Crippen LogP contribution in [-0.4, -0.2) is 13.1 Å². The average Bonchev–Trinajstić information content (AvgIpc) is 3.38. The van der Waals surface area contributed by atoms with E-state index in [-0.39, 0.29) is 5.97 Å². The van der Waals surface area contributed by atoms with Crippen molar-refractivity contribution in [3.8, 4) is 0 Å². The predicted molar refractivity (Wildman–Crippen MR) is 83.2 cm³/mol. The fourth-order valence-electron chi connectivity index (χ4n) is 2.47. The first-order valence-corrected chi connectivity index (χ1v) is 7.27. The highest BCUT2D eigenvalue weighted by molar-refractivity contribution is 5.81. The van der Waals surface area contributed by atoms with Gasteiger partial charge in [-0.1, -0.05) is 42.5 Å². The number of benzene rings is 2. The number of para-hydroxylation sites is 1. The van der Waals surface area contributed by atoms with Gasteiger partial charge in [0.1, 0.15) is 0 Å². The number of hydrogen-bond acceptors (Lipinski definition) is 3.